The molecule has 0 aliphatic rings. The molecule has 0 saturated carbocycles. The predicted octanol–water partition coefficient (Wildman–Crippen LogP) is 4.44. The average molecular weight is 345 g/mol. The second-order valence-corrected chi connectivity index (χ2v) is 6.28. The Hall–Kier alpha value is -0.840. The molecule has 5 heteroatoms. The first-order chi connectivity index (χ1) is 8.56. The van der Waals surface area contributed by atoms with Crippen molar-refractivity contribution in [1.82, 2.24) is 4.90 Å². The van der Waals surface area contributed by atoms with E-state index < -0.39 is 0 Å². The molecule has 2 nitrogen and oxygen atoms in total. The van der Waals surface area contributed by atoms with Crippen molar-refractivity contribution in [2.45, 2.75) is 6.54 Å². The first-order valence-corrected chi connectivity index (χ1v) is 7.35. The van der Waals surface area contributed by atoms with Gasteiger partial charge in [-0.05, 0) is 29.6 Å². The zero-order valence-electron chi connectivity index (χ0n) is 9.69. The van der Waals surface area contributed by atoms with Crippen molar-refractivity contribution in [1.29, 1.82) is 0 Å². The SMILES string of the molecule is CN(Cc1cccs1)C(=O)c1cc(Cl)cc(Br)c1. The molecule has 1 aromatic carbocycles. The van der Waals surface area contributed by atoms with Crippen molar-refractivity contribution in [3.8, 4) is 0 Å². The fourth-order valence-electron chi connectivity index (χ4n) is 1.61. The lowest BCUT2D eigenvalue weighted by Gasteiger charge is -2.16. The molecule has 2 rings (SSSR count). The summed E-state index contributed by atoms with van der Waals surface area (Å²) >= 11 is 10.9. The highest BCUT2D eigenvalue weighted by Crippen LogP contribution is 2.21. The summed E-state index contributed by atoms with van der Waals surface area (Å²) in [5, 5.41) is 2.56. The van der Waals surface area contributed by atoms with Gasteiger partial charge in [-0.15, -0.1) is 11.3 Å². The third kappa shape index (κ3) is 3.34. The van der Waals surface area contributed by atoms with Crippen LogP contribution in [0.15, 0.2) is 40.2 Å². The quantitative estimate of drug-likeness (QED) is 0.806. The molecule has 94 valence electrons. The number of rotatable bonds is 3. The molecule has 1 aromatic heterocycles. The van der Waals surface area contributed by atoms with E-state index in [1.807, 2.05) is 17.5 Å². The number of hydrogen-bond donors (Lipinski definition) is 0. The molecule has 0 aliphatic carbocycles. The van der Waals surface area contributed by atoms with Crippen LogP contribution in [0.1, 0.15) is 15.2 Å². The molecule has 2 aromatic rings. The molecule has 1 amide bonds. The second-order valence-electron chi connectivity index (χ2n) is 3.90. The van der Waals surface area contributed by atoms with Crippen LogP contribution in [0.3, 0.4) is 0 Å². The number of carbonyl (C=O) groups excluding carboxylic acids is 1. The Morgan fingerprint density at radius 3 is 2.83 bits per heavy atom. The third-order valence-corrected chi connectivity index (χ3v) is 3.97. The molecule has 0 N–H and O–H groups in total. The van der Waals surface area contributed by atoms with E-state index in [-0.39, 0.29) is 5.91 Å². The first kappa shape index (κ1) is 13.6. The van der Waals surface area contributed by atoms with Crippen molar-refractivity contribution in [3.05, 3.63) is 55.6 Å². The molecule has 0 bridgehead atoms. The summed E-state index contributed by atoms with van der Waals surface area (Å²) in [5.74, 6) is -0.0356. The van der Waals surface area contributed by atoms with Gasteiger partial charge in [0.25, 0.3) is 5.91 Å². The minimum absolute atomic E-state index is 0.0356. The van der Waals surface area contributed by atoms with Crippen LogP contribution in [0.25, 0.3) is 0 Å². The van der Waals surface area contributed by atoms with Crippen LogP contribution in [-0.4, -0.2) is 17.9 Å². The molecular formula is C13H11BrClNOS. The van der Waals surface area contributed by atoms with Crippen molar-refractivity contribution >= 4 is 44.8 Å². The fraction of sp³-hybridized carbons (Fsp3) is 0.154. The van der Waals surface area contributed by atoms with Gasteiger partial charge in [0.15, 0.2) is 0 Å². The summed E-state index contributed by atoms with van der Waals surface area (Å²) in [6, 6.07) is 9.22. The molecule has 18 heavy (non-hydrogen) atoms. The van der Waals surface area contributed by atoms with Crippen LogP contribution in [-0.2, 0) is 6.54 Å². The Balaban J connectivity index is 2.15. The third-order valence-electron chi connectivity index (χ3n) is 2.43. The highest BCUT2D eigenvalue weighted by atomic mass is 79.9. The monoisotopic (exact) mass is 343 g/mol. The van der Waals surface area contributed by atoms with E-state index in [1.54, 1.807) is 41.5 Å². The van der Waals surface area contributed by atoms with Crippen LogP contribution >= 0.6 is 38.9 Å². The van der Waals surface area contributed by atoms with Crippen LogP contribution < -0.4 is 0 Å². The smallest absolute Gasteiger partial charge is 0.254 e. The van der Waals surface area contributed by atoms with E-state index in [4.69, 9.17) is 11.6 Å². The summed E-state index contributed by atoms with van der Waals surface area (Å²) < 4.78 is 0.808. The molecule has 0 saturated heterocycles. The summed E-state index contributed by atoms with van der Waals surface area (Å²) in [6.45, 7) is 0.612. The minimum Gasteiger partial charge on any atom is -0.337 e. The number of thiophene rings is 1. The molecule has 0 spiro atoms. The summed E-state index contributed by atoms with van der Waals surface area (Å²) in [4.78, 5) is 15.1. The standard InChI is InChI=1S/C13H11BrClNOS/c1-16(8-12-3-2-4-18-12)13(17)9-5-10(14)7-11(15)6-9/h2-7H,8H2,1H3. The predicted molar refractivity (Wildman–Crippen MR) is 79.3 cm³/mol. The highest BCUT2D eigenvalue weighted by molar-refractivity contribution is 9.10. The number of carbonyl (C=O) groups is 1. The maximum atomic E-state index is 12.2. The van der Waals surface area contributed by atoms with E-state index in [0.717, 1.165) is 9.35 Å². The van der Waals surface area contributed by atoms with Crippen LogP contribution in [0, 0.1) is 0 Å². The normalized spacial score (nSPS) is 10.4. The van der Waals surface area contributed by atoms with E-state index in [0.29, 0.717) is 17.1 Å². The van der Waals surface area contributed by atoms with E-state index >= 15 is 0 Å². The second kappa shape index (κ2) is 5.87. The molecule has 0 aliphatic heterocycles. The van der Waals surface area contributed by atoms with Gasteiger partial charge in [0.2, 0.25) is 0 Å². The van der Waals surface area contributed by atoms with Gasteiger partial charge in [-0.2, -0.15) is 0 Å². The summed E-state index contributed by atoms with van der Waals surface area (Å²) in [7, 11) is 1.79. The van der Waals surface area contributed by atoms with Crippen molar-refractivity contribution < 1.29 is 4.79 Å². The van der Waals surface area contributed by atoms with Gasteiger partial charge in [-0.25, -0.2) is 0 Å². The number of nitrogens with zero attached hydrogens (tertiary/aromatic N) is 1. The lowest BCUT2D eigenvalue weighted by molar-refractivity contribution is 0.0786. The molecule has 0 unspecified atom stereocenters. The van der Waals surface area contributed by atoms with E-state index in [9.17, 15) is 4.79 Å². The first-order valence-electron chi connectivity index (χ1n) is 5.30. The Kier molecular flexibility index (Phi) is 4.43. The van der Waals surface area contributed by atoms with Crippen LogP contribution in [0.5, 0.6) is 0 Å². The average Bonchev–Trinajstić information content (AvgIpc) is 2.79. The molecule has 1 heterocycles. The molecule has 0 fully saturated rings. The lowest BCUT2D eigenvalue weighted by Crippen LogP contribution is -2.25. The maximum absolute atomic E-state index is 12.2. The Labute approximate surface area is 123 Å². The van der Waals surface area contributed by atoms with Gasteiger partial charge in [0.05, 0.1) is 6.54 Å². The Morgan fingerprint density at radius 1 is 1.44 bits per heavy atom. The van der Waals surface area contributed by atoms with E-state index in [1.165, 1.54) is 0 Å². The Morgan fingerprint density at radius 2 is 2.22 bits per heavy atom. The molecule has 0 atom stereocenters. The molecule has 0 radical (unpaired) electrons. The number of hydrogen-bond acceptors (Lipinski definition) is 2. The topological polar surface area (TPSA) is 20.3 Å². The lowest BCUT2D eigenvalue weighted by atomic mass is 10.2. The molecular weight excluding hydrogens is 334 g/mol. The number of benzene rings is 1. The maximum Gasteiger partial charge on any atom is 0.254 e. The van der Waals surface area contributed by atoms with Gasteiger partial charge in [-0.3, -0.25) is 4.79 Å². The van der Waals surface area contributed by atoms with Crippen molar-refractivity contribution in [2.24, 2.45) is 0 Å². The Bertz CT molecular complexity index is 536. The largest absolute Gasteiger partial charge is 0.337 e. The van der Waals surface area contributed by atoms with Gasteiger partial charge in [0.1, 0.15) is 0 Å². The minimum atomic E-state index is -0.0356. The van der Waals surface area contributed by atoms with Gasteiger partial charge in [-0.1, -0.05) is 33.6 Å². The highest BCUT2D eigenvalue weighted by Gasteiger charge is 2.13. The van der Waals surface area contributed by atoms with Gasteiger partial charge >= 0.3 is 0 Å². The van der Waals surface area contributed by atoms with E-state index in [2.05, 4.69) is 15.9 Å². The van der Waals surface area contributed by atoms with Crippen LogP contribution in [0.2, 0.25) is 5.02 Å². The summed E-state index contributed by atoms with van der Waals surface area (Å²) in [6.07, 6.45) is 0. The van der Waals surface area contributed by atoms with Crippen molar-refractivity contribution in [2.75, 3.05) is 7.05 Å². The zero-order chi connectivity index (χ0) is 13.1. The number of amides is 1. The van der Waals surface area contributed by atoms with Gasteiger partial charge < -0.3 is 4.90 Å². The summed E-state index contributed by atoms with van der Waals surface area (Å²) in [5.41, 5.74) is 0.591. The van der Waals surface area contributed by atoms with Gasteiger partial charge in [0, 0.05) is 27.0 Å². The fourth-order valence-corrected chi connectivity index (χ4v) is 3.22. The van der Waals surface area contributed by atoms with Crippen molar-refractivity contribution in [3.63, 3.8) is 0 Å². The zero-order valence-corrected chi connectivity index (χ0v) is 12.8. The number of halogens is 2. The van der Waals surface area contributed by atoms with Crippen LogP contribution in [0.4, 0.5) is 0 Å².